The Bertz CT molecular complexity index is 1880. The summed E-state index contributed by atoms with van der Waals surface area (Å²) in [6, 6.07) is 15.0. The molecule has 9 nitrogen and oxygen atoms in total. The lowest BCUT2D eigenvalue weighted by Gasteiger charge is -2.27. The second-order valence-electron chi connectivity index (χ2n) is 11.9. The Morgan fingerprint density at radius 1 is 0.891 bits per heavy atom. The van der Waals surface area contributed by atoms with E-state index >= 15 is 0 Å². The van der Waals surface area contributed by atoms with Crippen molar-refractivity contribution in [3.63, 3.8) is 0 Å². The van der Waals surface area contributed by atoms with Crippen LogP contribution < -0.4 is 16.3 Å². The molecule has 0 saturated heterocycles. The van der Waals surface area contributed by atoms with Crippen molar-refractivity contribution >= 4 is 34.7 Å². The standard InChI is InChI=1S/C37H42N4O5/c1-6-40(7-2)28-15-14-27-20-31(37(45)46-33(27)21-28)35(43)39-18-8-17-38-34(42)22-29-25(5)41(32-16-11-24(4)19-30(29)32)36(44)26-12-9-23(3)10-13-26/h9-13,16,19-21H,6-8,14-15,17-18,22H2,1-5H3,(H,38,42)(H,39,43). The second kappa shape index (κ2) is 14.0. The molecule has 2 amide bonds. The highest BCUT2D eigenvalue weighted by Crippen LogP contribution is 2.29. The van der Waals surface area contributed by atoms with E-state index in [1.807, 2.05) is 69.3 Å². The molecule has 0 fully saturated rings. The van der Waals surface area contributed by atoms with Gasteiger partial charge in [0.2, 0.25) is 5.91 Å². The zero-order valence-electron chi connectivity index (χ0n) is 27.3. The number of carbonyl (C=O) groups is 3. The Labute approximate surface area is 269 Å². The van der Waals surface area contributed by atoms with Crippen molar-refractivity contribution in [2.24, 2.45) is 0 Å². The summed E-state index contributed by atoms with van der Waals surface area (Å²) in [7, 11) is 0. The Balaban J connectivity index is 1.18. The predicted molar refractivity (Wildman–Crippen MR) is 180 cm³/mol. The summed E-state index contributed by atoms with van der Waals surface area (Å²) in [6.45, 7) is 12.4. The number of amides is 2. The molecule has 46 heavy (non-hydrogen) atoms. The fourth-order valence-corrected chi connectivity index (χ4v) is 6.11. The number of aromatic nitrogens is 1. The fraction of sp³-hybridized carbons (Fsp3) is 0.351. The first-order valence-electron chi connectivity index (χ1n) is 16.0. The number of carbonyl (C=O) groups excluding carboxylic acids is 3. The maximum atomic E-state index is 13.5. The van der Waals surface area contributed by atoms with Crippen LogP contribution in [0.4, 0.5) is 0 Å². The van der Waals surface area contributed by atoms with Gasteiger partial charge in [0.25, 0.3) is 11.8 Å². The third-order valence-electron chi connectivity index (χ3n) is 8.71. The number of aryl methyl sites for hydroxylation is 3. The van der Waals surface area contributed by atoms with Crippen molar-refractivity contribution in [3.8, 4) is 0 Å². The molecule has 0 spiro atoms. The minimum absolute atomic E-state index is 0.00943. The van der Waals surface area contributed by atoms with E-state index in [2.05, 4.69) is 29.4 Å². The number of rotatable bonds is 11. The molecule has 2 aromatic heterocycles. The molecular formula is C37H42N4O5. The van der Waals surface area contributed by atoms with Crippen LogP contribution in [0, 0.1) is 20.8 Å². The quantitative estimate of drug-likeness (QED) is 0.219. The molecule has 240 valence electrons. The van der Waals surface area contributed by atoms with Crippen molar-refractivity contribution < 1.29 is 18.8 Å². The van der Waals surface area contributed by atoms with Gasteiger partial charge < -0.3 is 20.0 Å². The lowest BCUT2D eigenvalue weighted by Crippen LogP contribution is -2.33. The maximum absolute atomic E-state index is 13.5. The van der Waals surface area contributed by atoms with Crippen LogP contribution >= 0.6 is 0 Å². The Hall–Kier alpha value is -4.92. The molecule has 0 saturated carbocycles. The Kier molecular flexibility index (Phi) is 9.90. The van der Waals surface area contributed by atoms with Gasteiger partial charge in [-0.05, 0) is 95.3 Å². The molecule has 0 aliphatic heterocycles. The first-order valence-corrected chi connectivity index (χ1v) is 16.0. The van der Waals surface area contributed by atoms with E-state index in [0.29, 0.717) is 30.7 Å². The molecule has 1 aliphatic rings. The van der Waals surface area contributed by atoms with Gasteiger partial charge in [0.15, 0.2) is 0 Å². The number of hydrogen-bond donors (Lipinski definition) is 2. The number of benzene rings is 2. The van der Waals surface area contributed by atoms with Crippen molar-refractivity contribution in [1.29, 1.82) is 0 Å². The molecule has 4 aromatic rings. The number of allylic oxidation sites excluding steroid dienone is 1. The summed E-state index contributed by atoms with van der Waals surface area (Å²) in [5.74, 6) is -0.281. The summed E-state index contributed by atoms with van der Waals surface area (Å²) >= 11 is 0. The van der Waals surface area contributed by atoms with Gasteiger partial charge in [-0.1, -0.05) is 29.3 Å². The zero-order valence-corrected chi connectivity index (χ0v) is 27.3. The third kappa shape index (κ3) is 6.83. The summed E-state index contributed by atoms with van der Waals surface area (Å²) in [6.07, 6.45) is 4.03. The number of nitrogens with one attached hydrogen (secondary N) is 2. The minimum Gasteiger partial charge on any atom is -0.422 e. The number of fused-ring (bicyclic) bond motifs is 2. The Morgan fingerprint density at radius 2 is 1.59 bits per heavy atom. The van der Waals surface area contributed by atoms with Gasteiger partial charge in [0, 0.05) is 54.6 Å². The summed E-state index contributed by atoms with van der Waals surface area (Å²) < 4.78 is 7.22. The van der Waals surface area contributed by atoms with Crippen LogP contribution in [0.5, 0.6) is 0 Å². The topological polar surface area (TPSA) is 114 Å². The Morgan fingerprint density at radius 3 is 2.30 bits per heavy atom. The molecule has 1 aliphatic carbocycles. The zero-order chi connectivity index (χ0) is 33.0. The molecule has 9 heteroatoms. The van der Waals surface area contributed by atoms with Crippen molar-refractivity contribution in [2.45, 2.75) is 60.3 Å². The third-order valence-corrected chi connectivity index (χ3v) is 8.71. The maximum Gasteiger partial charge on any atom is 0.349 e. The highest BCUT2D eigenvalue weighted by atomic mass is 16.4. The molecule has 0 unspecified atom stereocenters. The molecule has 2 N–H and O–H groups in total. The van der Waals surface area contributed by atoms with Crippen LogP contribution in [0.2, 0.25) is 0 Å². The van der Waals surface area contributed by atoms with Gasteiger partial charge in [-0.25, -0.2) is 4.79 Å². The smallest absolute Gasteiger partial charge is 0.349 e. The van der Waals surface area contributed by atoms with Crippen LogP contribution in [0.15, 0.2) is 63.4 Å². The summed E-state index contributed by atoms with van der Waals surface area (Å²) in [5, 5.41) is 6.58. The van der Waals surface area contributed by atoms with Crippen LogP contribution in [0.25, 0.3) is 17.0 Å². The second-order valence-corrected chi connectivity index (χ2v) is 11.9. The van der Waals surface area contributed by atoms with E-state index in [-0.39, 0.29) is 30.3 Å². The van der Waals surface area contributed by atoms with E-state index in [1.54, 1.807) is 10.6 Å². The van der Waals surface area contributed by atoms with Gasteiger partial charge in [0.1, 0.15) is 11.3 Å². The molecule has 2 heterocycles. The average Bonchev–Trinajstić information content (AvgIpc) is 3.30. The normalized spacial score (nSPS) is 12.4. The van der Waals surface area contributed by atoms with Crippen molar-refractivity contribution in [1.82, 2.24) is 20.1 Å². The van der Waals surface area contributed by atoms with Gasteiger partial charge in [-0.3, -0.25) is 19.0 Å². The van der Waals surface area contributed by atoms with Crippen LogP contribution in [-0.2, 0) is 17.6 Å². The van der Waals surface area contributed by atoms with Gasteiger partial charge in [0.05, 0.1) is 11.9 Å². The first-order chi connectivity index (χ1) is 22.1. The van der Waals surface area contributed by atoms with Crippen LogP contribution in [0.3, 0.4) is 0 Å². The number of hydrogen-bond acceptors (Lipinski definition) is 6. The molecular weight excluding hydrogens is 580 g/mol. The average molecular weight is 623 g/mol. The fourth-order valence-electron chi connectivity index (χ4n) is 6.11. The highest BCUT2D eigenvalue weighted by Gasteiger charge is 2.23. The van der Waals surface area contributed by atoms with E-state index in [0.717, 1.165) is 64.1 Å². The van der Waals surface area contributed by atoms with Crippen LogP contribution in [0.1, 0.15) is 81.1 Å². The summed E-state index contributed by atoms with van der Waals surface area (Å²) in [5.41, 5.74) is 6.32. The predicted octanol–water partition coefficient (Wildman–Crippen LogP) is 5.32. The lowest BCUT2D eigenvalue weighted by molar-refractivity contribution is -0.120. The van der Waals surface area contributed by atoms with Crippen LogP contribution in [-0.4, -0.2) is 53.4 Å². The molecule has 5 rings (SSSR count). The van der Waals surface area contributed by atoms with Gasteiger partial charge in [-0.15, -0.1) is 0 Å². The minimum atomic E-state index is -0.660. The van der Waals surface area contributed by atoms with Gasteiger partial charge in [-0.2, -0.15) is 0 Å². The largest absolute Gasteiger partial charge is 0.422 e. The SMILES string of the molecule is CCN(CC)C1=Cc2oc(=O)c(C(=O)NCCCNC(=O)Cc3c(C)n(C(=O)c4ccc(C)cc4)c4ccc(C)cc34)cc2CC1. The van der Waals surface area contributed by atoms with E-state index in [1.165, 1.54) is 0 Å². The molecule has 2 aromatic carbocycles. The van der Waals surface area contributed by atoms with E-state index in [4.69, 9.17) is 4.42 Å². The molecule has 0 atom stereocenters. The monoisotopic (exact) mass is 622 g/mol. The van der Waals surface area contributed by atoms with E-state index < -0.39 is 11.5 Å². The number of nitrogens with zero attached hydrogens (tertiary/aromatic N) is 2. The van der Waals surface area contributed by atoms with Crippen molar-refractivity contribution in [2.75, 3.05) is 26.2 Å². The lowest BCUT2D eigenvalue weighted by atomic mass is 9.98. The molecule has 0 bridgehead atoms. The highest BCUT2D eigenvalue weighted by molar-refractivity contribution is 6.05. The van der Waals surface area contributed by atoms with Crippen molar-refractivity contribution in [3.05, 3.63) is 109 Å². The summed E-state index contributed by atoms with van der Waals surface area (Å²) in [4.78, 5) is 54.2. The first kappa shape index (κ1) is 32.5. The molecule has 0 radical (unpaired) electrons. The van der Waals surface area contributed by atoms with Gasteiger partial charge >= 0.3 is 5.63 Å². The van der Waals surface area contributed by atoms with E-state index in [9.17, 15) is 19.2 Å².